The molecular weight excluding hydrogens is 497 g/mol. The van der Waals surface area contributed by atoms with Crippen LogP contribution >= 0.6 is 23.4 Å². The molecule has 0 bridgehead atoms. The first-order valence-electron chi connectivity index (χ1n) is 10.5. The lowest BCUT2D eigenvalue weighted by Crippen LogP contribution is -2.26. The van der Waals surface area contributed by atoms with Crippen molar-refractivity contribution in [3.63, 3.8) is 0 Å². The Balaban J connectivity index is 0.000000371. The molecule has 4 rings (SSSR count). The molecule has 0 spiro atoms. The van der Waals surface area contributed by atoms with Gasteiger partial charge in [0, 0.05) is 31.8 Å². The minimum absolute atomic E-state index is 0.00333. The van der Waals surface area contributed by atoms with Gasteiger partial charge >= 0.3 is 0 Å². The third-order valence-electron chi connectivity index (χ3n) is 4.72. The number of hydrogen-bond acceptors (Lipinski definition) is 8. The fraction of sp³-hybridized carbons (Fsp3) is 0.364. The van der Waals surface area contributed by atoms with E-state index in [0.717, 1.165) is 5.56 Å². The number of aryl methyl sites for hydroxylation is 1. The van der Waals surface area contributed by atoms with Crippen molar-refractivity contribution >= 4 is 63.0 Å². The third kappa shape index (κ3) is 6.80. The van der Waals surface area contributed by atoms with Crippen LogP contribution in [0.5, 0.6) is 5.75 Å². The second-order valence-corrected chi connectivity index (χ2v) is 9.54. The number of halogens is 2. The summed E-state index contributed by atoms with van der Waals surface area (Å²) >= 11 is 10.8. The van der Waals surface area contributed by atoms with Crippen LogP contribution in [-0.2, 0) is 23.2 Å². The molecule has 0 aliphatic carbocycles. The lowest BCUT2D eigenvalue weighted by molar-refractivity contribution is -0.118. The smallest absolute Gasteiger partial charge is 0.272 e. The van der Waals surface area contributed by atoms with Crippen LogP contribution < -0.4 is 20.2 Å². The summed E-state index contributed by atoms with van der Waals surface area (Å²) in [4.78, 5) is 44.9. The molecule has 0 radical (unpaired) electrons. The number of nitrogens with one attached hydrogen (secondary N) is 3. The van der Waals surface area contributed by atoms with Crippen molar-refractivity contribution in [2.45, 2.75) is 33.7 Å². The van der Waals surface area contributed by atoms with Gasteiger partial charge in [-0.1, -0.05) is 26.8 Å². The maximum atomic E-state index is 12.6. The minimum Gasteiger partial charge on any atom is -0.482 e. The lowest BCUT2D eigenvalue weighted by atomic mass is 9.93. The zero-order chi connectivity index (χ0) is 25.8. The quantitative estimate of drug-likeness (QED) is 0.342. The van der Waals surface area contributed by atoms with Gasteiger partial charge in [-0.3, -0.25) is 23.9 Å². The highest BCUT2D eigenvalue weighted by atomic mass is 35.5. The molecule has 186 valence electrons. The zero-order valence-corrected chi connectivity index (χ0v) is 21.1. The number of carbonyl (C=O) groups excluding carboxylic acids is 3. The number of ether oxygens (including phenoxy) is 1. The zero-order valence-electron chi connectivity index (χ0n) is 19.6. The largest absolute Gasteiger partial charge is 0.482 e. The lowest BCUT2D eigenvalue weighted by Gasteiger charge is -2.18. The summed E-state index contributed by atoms with van der Waals surface area (Å²) in [6.45, 7) is 6.18. The van der Waals surface area contributed by atoms with E-state index < -0.39 is 0 Å². The number of fused-ring (bicyclic) bond motifs is 2. The highest BCUT2D eigenvalue weighted by Crippen LogP contribution is 2.28. The maximum absolute atomic E-state index is 12.6. The van der Waals surface area contributed by atoms with Gasteiger partial charge in [-0.25, -0.2) is 9.97 Å². The second-order valence-electron chi connectivity index (χ2n) is 8.93. The van der Waals surface area contributed by atoms with Crippen molar-refractivity contribution in [2.24, 2.45) is 12.5 Å². The van der Waals surface area contributed by atoms with E-state index in [-0.39, 0.29) is 41.3 Å². The predicted octanol–water partition coefficient (Wildman–Crippen LogP) is 3.38. The molecule has 0 unspecified atom stereocenters. The number of amides is 2. The number of carbonyl (C=O) groups is 3. The van der Waals surface area contributed by atoms with Crippen molar-refractivity contribution in [2.75, 3.05) is 16.8 Å². The minimum atomic E-state index is -0.385. The van der Waals surface area contributed by atoms with Gasteiger partial charge in [-0.15, -0.1) is 0 Å². The average molecular weight is 522 g/mol. The van der Waals surface area contributed by atoms with Crippen LogP contribution in [0.3, 0.4) is 0 Å². The van der Waals surface area contributed by atoms with Crippen LogP contribution in [0.1, 0.15) is 43.2 Å². The Morgan fingerprint density at radius 3 is 2.63 bits per heavy atom. The highest BCUT2D eigenvalue weighted by Gasteiger charge is 2.20. The Morgan fingerprint density at radius 2 is 2.00 bits per heavy atom. The summed E-state index contributed by atoms with van der Waals surface area (Å²) < 4.78 is 6.80. The van der Waals surface area contributed by atoms with Gasteiger partial charge in [0.25, 0.3) is 11.8 Å². The molecule has 3 aromatic rings. The Morgan fingerprint density at radius 1 is 1.26 bits per heavy atom. The fourth-order valence-corrected chi connectivity index (χ4v) is 3.79. The van der Waals surface area contributed by atoms with E-state index in [1.807, 2.05) is 26.8 Å². The number of anilines is 2. The van der Waals surface area contributed by atoms with Crippen molar-refractivity contribution in [3.8, 4) is 5.75 Å². The van der Waals surface area contributed by atoms with Gasteiger partial charge in [0.05, 0.1) is 5.69 Å². The molecule has 3 N–H and O–H groups in total. The first-order chi connectivity index (χ1) is 16.5. The maximum Gasteiger partial charge on any atom is 0.272 e. The molecule has 1 aliphatic rings. The second kappa shape index (κ2) is 10.9. The normalized spacial score (nSPS) is 12.6. The van der Waals surface area contributed by atoms with Crippen LogP contribution in [0.4, 0.5) is 11.5 Å². The molecule has 0 saturated heterocycles. The van der Waals surface area contributed by atoms with E-state index in [2.05, 4.69) is 30.5 Å². The van der Waals surface area contributed by atoms with Crippen LogP contribution in [0.15, 0.2) is 24.5 Å². The molecule has 11 nitrogen and oxygen atoms in total. The van der Waals surface area contributed by atoms with Gasteiger partial charge < -0.3 is 15.4 Å². The van der Waals surface area contributed by atoms with Gasteiger partial charge in [0.1, 0.15) is 23.1 Å². The van der Waals surface area contributed by atoms with Crippen LogP contribution in [0.25, 0.3) is 11.0 Å². The first kappa shape index (κ1) is 26.2. The molecule has 2 aromatic heterocycles. The van der Waals surface area contributed by atoms with Gasteiger partial charge in [0.2, 0.25) is 5.24 Å². The van der Waals surface area contributed by atoms with Crippen molar-refractivity contribution < 1.29 is 19.1 Å². The molecule has 13 heteroatoms. The third-order valence-corrected chi connectivity index (χ3v) is 5.04. The molecule has 0 saturated carbocycles. The monoisotopic (exact) mass is 521 g/mol. The van der Waals surface area contributed by atoms with Gasteiger partial charge in [-0.2, -0.15) is 5.10 Å². The predicted molar refractivity (Wildman–Crippen MR) is 132 cm³/mol. The van der Waals surface area contributed by atoms with Gasteiger partial charge in [0.15, 0.2) is 18.1 Å². The molecule has 1 aliphatic heterocycles. The fourth-order valence-electron chi connectivity index (χ4n) is 3.26. The van der Waals surface area contributed by atoms with E-state index in [1.54, 1.807) is 19.2 Å². The summed E-state index contributed by atoms with van der Waals surface area (Å²) in [7, 11) is 1.67. The van der Waals surface area contributed by atoms with Crippen molar-refractivity contribution in [1.29, 1.82) is 0 Å². The SMILES string of the molecule is CC(C)(C)CC(=O)Cl.Cn1nc(NCl)c2ncnc(C(=O)NCc3ccc4c(c3)NC(=O)CO4)c21. The summed E-state index contributed by atoms with van der Waals surface area (Å²) in [6.07, 6.45) is 1.73. The number of benzene rings is 1. The van der Waals surface area contributed by atoms with Crippen molar-refractivity contribution in [1.82, 2.24) is 25.1 Å². The first-order valence-corrected chi connectivity index (χ1v) is 11.3. The molecular formula is C22H25Cl2N7O4. The number of rotatable bonds is 5. The summed E-state index contributed by atoms with van der Waals surface area (Å²) in [5.74, 6) is 0.339. The summed E-state index contributed by atoms with van der Waals surface area (Å²) in [6, 6.07) is 5.31. The molecule has 3 heterocycles. The topological polar surface area (TPSA) is 140 Å². The van der Waals surface area contributed by atoms with Crippen LogP contribution in [0, 0.1) is 5.41 Å². The molecule has 35 heavy (non-hydrogen) atoms. The number of hydrogen-bond donors (Lipinski definition) is 3. The summed E-state index contributed by atoms with van der Waals surface area (Å²) in [5, 5.41) is 9.44. The summed E-state index contributed by atoms with van der Waals surface area (Å²) in [5.41, 5.74) is 2.50. The average Bonchev–Trinajstić information content (AvgIpc) is 3.11. The van der Waals surface area contributed by atoms with E-state index in [1.165, 1.54) is 11.0 Å². The van der Waals surface area contributed by atoms with Crippen LogP contribution in [-0.4, -0.2) is 43.4 Å². The van der Waals surface area contributed by atoms with Crippen molar-refractivity contribution in [3.05, 3.63) is 35.8 Å². The molecule has 0 fully saturated rings. The Labute approximate surface area is 211 Å². The molecule has 0 atom stereocenters. The van der Waals surface area contributed by atoms with E-state index in [9.17, 15) is 14.4 Å². The number of aromatic nitrogens is 4. The Hall–Kier alpha value is -3.44. The standard InChI is InChI=1S/C16H14ClN7O3.C6H11ClO/c1-24-14-12(15(22-17)23-24)19-7-20-13(14)16(26)18-5-8-2-3-10-9(4-8)21-11(25)6-27-10;1-6(2,3)4-5(7)8/h2-4,7H,5-6H2,1H3,(H,18,26)(H,21,25)(H,22,23);4H2,1-3H3. The number of nitrogens with zero attached hydrogens (tertiary/aromatic N) is 4. The van der Waals surface area contributed by atoms with E-state index >= 15 is 0 Å². The van der Waals surface area contributed by atoms with E-state index in [4.69, 9.17) is 28.1 Å². The van der Waals surface area contributed by atoms with Gasteiger partial charge in [-0.05, 0) is 34.7 Å². The van der Waals surface area contributed by atoms with E-state index in [0.29, 0.717) is 34.7 Å². The molecule has 1 aromatic carbocycles. The molecule has 2 amide bonds. The highest BCUT2D eigenvalue weighted by molar-refractivity contribution is 6.63. The Bertz CT molecular complexity index is 1270. The Kier molecular flexibility index (Phi) is 8.13. The van der Waals surface area contributed by atoms with Crippen LogP contribution in [0.2, 0.25) is 0 Å².